The number of rotatable bonds is 3. The van der Waals surface area contributed by atoms with Crippen LogP contribution in [0.25, 0.3) is 0 Å². The Morgan fingerprint density at radius 2 is 1.80 bits per heavy atom. The van der Waals surface area contributed by atoms with Crippen LogP contribution < -0.4 is 5.32 Å². The molecule has 0 aliphatic rings. The second-order valence-corrected chi connectivity index (χ2v) is 3.92. The lowest BCUT2D eigenvalue weighted by Crippen LogP contribution is -2.12. The van der Waals surface area contributed by atoms with Gasteiger partial charge in [0.1, 0.15) is 6.07 Å². The molecule has 20 heavy (non-hydrogen) atoms. The molecule has 0 aliphatic heterocycles. The Balaban J connectivity index is 2.13. The molecule has 1 aromatic carbocycles. The highest BCUT2D eigenvalue weighted by molar-refractivity contribution is 5.35. The molecule has 0 aliphatic carbocycles. The summed E-state index contributed by atoms with van der Waals surface area (Å²) in [5, 5.41) is 11.3. The van der Waals surface area contributed by atoms with Crippen molar-refractivity contribution in [3.8, 4) is 6.07 Å². The largest absolute Gasteiger partial charge is 0.416 e. The van der Waals surface area contributed by atoms with Crippen LogP contribution in [-0.4, -0.2) is 9.97 Å². The number of hydrogen-bond donors (Lipinski definition) is 1. The normalized spacial score (nSPS) is 10.9. The fourth-order valence-corrected chi connectivity index (χ4v) is 1.60. The Hall–Kier alpha value is -2.62. The van der Waals surface area contributed by atoms with E-state index in [2.05, 4.69) is 15.3 Å². The monoisotopic (exact) mass is 278 g/mol. The maximum Gasteiger partial charge on any atom is 0.416 e. The number of nitrogens with one attached hydrogen (secondary N) is 1. The minimum absolute atomic E-state index is 0.0540. The molecule has 2 rings (SSSR count). The first kappa shape index (κ1) is 13.8. The van der Waals surface area contributed by atoms with Crippen LogP contribution in [-0.2, 0) is 12.7 Å². The summed E-state index contributed by atoms with van der Waals surface area (Å²) < 4.78 is 38.3. The summed E-state index contributed by atoms with van der Waals surface area (Å²) in [6.45, 7) is -0.0540. The molecule has 7 heteroatoms. The third kappa shape index (κ3) is 3.23. The smallest absolute Gasteiger partial charge is 0.350 e. The summed E-state index contributed by atoms with van der Waals surface area (Å²) >= 11 is 0. The van der Waals surface area contributed by atoms with Crippen molar-refractivity contribution in [2.45, 2.75) is 12.7 Å². The first-order valence-electron chi connectivity index (χ1n) is 5.62. The molecule has 1 aromatic heterocycles. The van der Waals surface area contributed by atoms with Gasteiger partial charge in [-0.05, 0) is 11.6 Å². The van der Waals surface area contributed by atoms with E-state index in [0.29, 0.717) is 0 Å². The molecular formula is C13H9F3N4. The number of halogens is 3. The van der Waals surface area contributed by atoms with E-state index in [0.717, 1.165) is 6.07 Å². The van der Waals surface area contributed by atoms with E-state index in [-0.39, 0.29) is 23.6 Å². The Morgan fingerprint density at radius 1 is 1.15 bits per heavy atom. The van der Waals surface area contributed by atoms with E-state index in [4.69, 9.17) is 5.26 Å². The fourth-order valence-electron chi connectivity index (χ4n) is 1.60. The van der Waals surface area contributed by atoms with Gasteiger partial charge >= 0.3 is 6.18 Å². The highest BCUT2D eigenvalue weighted by atomic mass is 19.4. The van der Waals surface area contributed by atoms with Crippen LogP contribution in [0.1, 0.15) is 16.7 Å². The highest BCUT2D eigenvalue weighted by Gasteiger charge is 2.32. The molecule has 102 valence electrons. The van der Waals surface area contributed by atoms with Gasteiger partial charge in [-0.25, -0.2) is 9.97 Å². The molecule has 0 radical (unpaired) electrons. The van der Waals surface area contributed by atoms with Crippen LogP contribution in [0.3, 0.4) is 0 Å². The van der Waals surface area contributed by atoms with Gasteiger partial charge in [-0.3, -0.25) is 0 Å². The van der Waals surface area contributed by atoms with E-state index in [1.54, 1.807) is 0 Å². The molecule has 0 saturated carbocycles. The average Bonchev–Trinajstić information content (AvgIpc) is 2.45. The van der Waals surface area contributed by atoms with Crippen molar-refractivity contribution in [1.82, 2.24) is 9.97 Å². The lowest BCUT2D eigenvalue weighted by Gasteiger charge is -2.13. The van der Waals surface area contributed by atoms with Crippen LogP contribution in [0.4, 0.5) is 19.1 Å². The fraction of sp³-hybridized carbons (Fsp3) is 0.154. The first-order valence-corrected chi connectivity index (χ1v) is 5.62. The third-order valence-electron chi connectivity index (χ3n) is 2.54. The summed E-state index contributed by atoms with van der Waals surface area (Å²) in [6.07, 6.45) is -1.81. The summed E-state index contributed by atoms with van der Waals surface area (Å²) in [7, 11) is 0. The summed E-state index contributed by atoms with van der Waals surface area (Å²) in [4.78, 5) is 7.66. The predicted octanol–water partition coefficient (Wildman–Crippen LogP) is 2.98. The quantitative estimate of drug-likeness (QED) is 0.937. The minimum Gasteiger partial charge on any atom is -0.350 e. The van der Waals surface area contributed by atoms with E-state index < -0.39 is 11.7 Å². The average molecular weight is 278 g/mol. The molecule has 0 unspecified atom stereocenters. The van der Waals surface area contributed by atoms with Crippen molar-refractivity contribution in [2.75, 3.05) is 5.32 Å². The van der Waals surface area contributed by atoms with Gasteiger partial charge in [-0.1, -0.05) is 18.2 Å². The number of alkyl halides is 3. The molecular weight excluding hydrogens is 269 g/mol. The van der Waals surface area contributed by atoms with Crippen molar-refractivity contribution in [3.63, 3.8) is 0 Å². The molecule has 0 spiro atoms. The van der Waals surface area contributed by atoms with Gasteiger partial charge in [0.15, 0.2) is 0 Å². The van der Waals surface area contributed by atoms with E-state index >= 15 is 0 Å². The lowest BCUT2D eigenvalue weighted by atomic mass is 10.1. The number of anilines is 1. The van der Waals surface area contributed by atoms with Gasteiger partial charge in [0.25, 0.3) is 0 Å². The summed E-state index contributed by atoms with van der Waals surface area (Å²) in [5.41, 5.74) is -0.305. The third-order valence-corrected chi connectivity index (χ3v) is 2.54. The number of nitriles is 1. The van der Waals surface area contributed by atoms with Gasteiger partial charge < -0.3 is 5.32 Å². The van der Waals surface area contributed by atoms with Gasteiger partial charge in [-0.2, -0.15) is 18.4 Å². The van der Waals surface area contributed by atoms with E-state index in [1.165, 1.54) is 30.6 Å². The van der Waals surface area contributed by atoms with Crippen molar-refractivity contribution in [3.05, 3.63) is 53.3 Å². The number of benzene rings is 1. The van der Waals surface area contributed by atoms with Crippen LogP contribution in [0.2, 0.25) is 0 Å². The Bertz CT molecular complexity index is 629. The van der Waals surface area contributed by atoms with Gasteiger partial charge in [0.2, 0.25) is 5.95 Å². The van der Waals surface area contributed by atoms with Gasteiger partial charge in [0, 0.05) is 6.54 Å². The van der Waals surface area contributed by atoms with E-state index in [9.17, 15) is 13.2 Å². The number of nitrogens with zero attached hydrogens (tertiary/aromatic N) is 3. The molecule has 4 nitrogen and oxygen atoms in total. The zero-order valence-corrected chi connectivity index (χ0v) is 10.1. The first-order chi connectivity index (χ1) is 9.50. The lowest BCUT2D eigenvalue weighted by molar-refractivity contribution is -0.138. The predicted molar refractivity (Wildman–Crippen MR) is 65.5 cm³/mol. The Morgan fingerprint density at radius 3 is 2.40 bits per heavy atom. The Labute approximate surface area is 112 Å². The van der Waals surface area contributed by atoms with Crippen LogP contribution in [0.15, 0.2) is 36.7 Å². The van der Waals surface area contributed by atoms with Crippen molar-refractivity contribution < 1.29 is 13.2 Å². The van der Waals surface area contributed by atoms with Crippen LogP contribution >= 0.6 is 0 Å². The van der Waals surface area contributed by atoms with Crippen LogP contribution in [0.5, 0.6) is 0 Å². The minimum atomic E-state index is -4.40. The number of aromatic nitrogens is 2. The van der Waals surface area contributed by atoms with Crippen molar-refractivity contribution in [2.24, 2.45) is 0 Å². The van der Waals surface area contributed by atoms with Gasteiger partial charge in [0.05, 0.1) is 23.5 Å². The zero-order valence-electron chi connectivity index (χ0n) is 10.1. The second kappa shape index (κ2) is 5.57. The van der Waals surface area contributed by atoms with E-state index in [1.807, 2.05) is 6.07 Å². The summed E-state index contributed by atoms with van der Waals surface area (Å²) in [6, 6.07) is 7.14. The molecule has 0 saturated heterocycles. The molecule has 0 bridgehead atoms. The number of hydrogen-bond acceptors (Lipinski definition) is 4. The Kier molecular flexibility index (Phi) is 3.84. The molecule has 0 amide bonds. The summed E-state index contributed by atoms with van der Waals surface area (Å²) in [5.74, 6) is 0.168. The zero-order chi connectivity index (χ0) is 14.6. The standard InChI is InChI=1S/C13H9F3N4/c14-13(15,16)11-4-2-1-3-10(11)8-20-12-18-6-9(5-17)7-19-12/h1-4,6-7H,8H2,(H,18,19,20). The molecule has 1 N–H and O–H groups in total. The topological polar surface area (TPSA) is 61.6 Å². The maximum absolute atomic E-state index is 12.8. The maximum atomic E-state index is 12.8. The highest BCUT2D eigenvalue weighted by Crippen LogP contribution is 2.31. The SMILES string of the molecule is N#Cc1cnc(NCc2ccccc2C(F)(F)F)nc1. The second-order valence-electron chi connectivity index (χ2n) is 3.92. The van der Waals surface area contributed by atoms with Crippen molar-refractivity contribution in [1.29, 1.82) is 5.26 Å². The van der Waals surface area contributed by atoms with Crippen LogP contribution in [0, 0.1) is 11.3 Å². The molecule has 2 aromatic rings. The van der Waals surface area contributed by atoms with Gasteiger partial charge in [-0.15, -0.1) is 0 Å². The molecule has 0 fully saturated rings. The van der Waals surface area contributed by atoms with Crippen molar-refractivity contribution >= 4 is 5.95 Å². The molecule has 0 atom stereocenters. The molecule has 1 heterocycles.